The number of nitrogens with zero attached hydrogens (tertiary/aromatic N) is 2. The number of anilines is 1. The van der Waals surface area contributed by atoms with Gasteiger partial charge in [0.25, 0.3) is 0 Å². The van der Waals surface area contributed by atoms with Gasteiger partial charge in [-0.1, -0.05) is 36.8 Å². The first kappa shape index (κ1) is 14.7. The van der Waals surface area contributed by atoms with E-state index in [1.165, 1.54) is 0 Å². The van der Waals surface area contributed by atoms with Crippen molar-refractivity contribution in [3.63, 3.8) is 0 Å². The number of aromatic nitrogens is 2. The monoisotopic (exact) mass is 296 g/mol. The highest BCUT2D eigenvalue weighted by Crippen LogP contribution is 2.31. The third-order valence-corrected chi connectivity index (χ3v) is 4.25. The van der Waals surface area contributed by atoms with Gasteiger partial charge >= 0.3 is 0 Å². The summed E-state index contributed by atoms with van der Waals surface area (Å²) in [6, 6.07) is 9.76. The minimum atomic E-state index is 0.0128. The summed E-state index contributed by atoms with van der Waals surface area (Å²) >= 11 is 0. The number of benzene rings is 1. The van der Waals surface area contributed by atoms with Crippen LogP contribution in [0.2, 0.25) is 0 Å². The zero-order valence-electron chi connectivity index (χ0n) is 12.4. The predicted octanol–water partition coefficient (Wildman–Crippen LogP) is 2.46. The molecule has 2 aromatic rings. The predicted molar refractivity (Wildman–Crippen MR) is 86.0 cm³/mol. The minimum absolute atomic E-state index is 0.0128. The first-order chi connectivity index (χ1) is 10.8. The Morgan fingerprint density at radius 3 is 2.59 bits per heavy atom. The lowest BCUT2D eigenvalue weighted by Crippen LogP contribution is -2.29. The summed E-state index contributed by atoms with van der Waals surface area (Å²) in [4.78, 5) is 21.0. The van der Waals surface area contributed by atoms with Crippen molar-refractivity contribution < 1.29 is 4.79 Å². The van der Waals surface area contributed by atoms with Gasteiger partial charge in [-0.05, 0) is 25.3 Å². The number of nitrogens with two attached hydrogens (primary N) is 1. The molecule has 5 heteroatoms. The summed E-state index contributed by atoms with van der Waals surface area (Å²) in [6.45, 7) is 0.571. The second-order valence-electron chi connectivity index (χ2n) is 5.68. The highest BCUT2D eigenvalue weighted by molar-refractivity contribution is 5.92. The molecule has 1 aliphatic carbocycles. The van der Waals surface area contributed by atoms with Crippen molar-refractivity contribution in [2.24, 2.45) is 17.6 Å². The van der Waals surface area contributed by atoms with Crippen molar-refractivity contribution in [2.45, 2.75) is 19.3 Å². The Bertz CT molecular complexity index is 627. The number of nitrogens with one attached hydrogen (secondary N) is 1. The van der Waals surface area contributed by atoms with Crippen molar-refractivity contribution in [1.29, 1.82) is 0 Å². The van der Waals surface area contributed by atoms with Crippen molar-refractivity contribution in [3.05, 3.63) is 42.7 Å². The summed E-state index contributed by atoms with van der Waals surface area (Å²) in [7, 11) is 0. The molecule has 1 aliphatic rings. The molecule has 3 N–H and O–H groups in total. The fraction of sp³-hybridized carbons (Fsp3) is 0.353. The fourth-order valence-corrected chi connectivity index (χ4v) is 3.03. The smallest absolute Gasteiger partial charge is 0.227 e. The molecule has 0 saturated heterocycles. The molecule has 0 spiro atoms. The van der Waals surface area contributed by atoms with Gasteiger partial charge in [-0.2, -0.15) is 0 Å². The topological polar surface area (TPSA) is 80.9 Å². The van der Waals surface area contributed by atoms with Crippen molar-refractivity contribution in [3.8, 4) is 11.4 Å². The number of hydrogen-bond donors (Lipinski definition) is 2. The SMILES string of the molecule is NC[C@H]1CCC[C@H]1C(=O)Nc1cnc(-c2ccccc2)nc1. The molecule has 1 aromatic carbocycles. The molecule has 1 fully saturated rings. The molecule has 1 saturated carbocycles. The van der Waals surface area contributed by atoms with E-state index in [0.29, 0.717) is 24.0 Å². The van der Waals surface area contributed by atoms with Crippen LogP contribution in [0.3, 0.4) is 0 Å². The second kappa shape index (κ2) is 6.66. The van der Waals surface area contributed by atoms with Crippen molar-refractivity contribution in [2.75, 3.05) is 11.9 Å². The Morgan fingerprint density at radius 2 is 1.91 bits per heavy atom. The summed E-state index contributed by atoms with van der Waals surface area (Å²) in [5.41, 5.74) is 7.32. The molecule has 0 unspecified atom stereocenters. The van der Waals surface area contributed by atoms with Gasteiger partial charge in [0.2, 0.25) is 5.91 Å². The largest absolute Gasteiger partial charge is 0.330 e. The van der Waals surface area contributed by atoms with Crippen LogP contribution in [0.5, 0.6) is 0 Å². The average molecular weight is 296 g/mol. The van der Waals surface area contributed by atoms with E-state index in [2.05, 4.69) is 15.3 Å². The molecule has 114 valence electrons. The standard InChI is InChI=1S/C17H20N4O/c18-9-13-7-4-8-15(13)17(22)21-14-10-19-16(20-11-14)12-5-2-1-3-6-12/h1-3,5-6,10-11,13,15H,4,7-9,18H2,(H,21,22)/t13-,15-/m1/s1. The second-order valence-corrected chi connectivity index (χ2v) is 5.68. The molecule has 0 aliphatic heterocycles. The zero-order chi connectivity index (χ0) is 15.4. The van der Waals surface area contributed by atoms with E-state index in [1.54, 1.807) is 12.4 Å². The highest BCUT2D eigenvalue weighted by atomic mass is 16.1. The van der Waals surface area contributed by atoms with Gasteiger partial charge in [-0.25, -0.2) is 9.97 Å². The highest BCUT2D eigenvalue weighted by Gasteiger charge is 2.31. The zero-order valence-corrected chi connectivity index (χ0v) is 12.4. The minimum Gasteiger partial charge on any atom is -0.330 e. The van der Waals surface area contributed by atoms with Crippen molar-refractivity contribution >= 4 is 11.6 Å². The summed E-state index contributed by atoms with van der Waals surface area (Å²) in [6.07, 6.45) is 6.33. The van der Waals surface area contributed by atoms with E-state index in [1.807, 2.05) is 30.3 Å². The third kappa shape index (κ3) is 3.14. The van der Waals surface area contributed by atoms with Gasteiger partial charge in [0.05, 0.1) is 18.1 Å². The van der Waals surface area contributed by atoms with Gasteiger partial charge in [-0.3, -0.25) is 4.79 Å². The Morgan fingerprint density at radius 1 is 1.18 bits per heavy atom. The number of carbonyl (C=O) groups excluding carboxylic acids is 1. The lowest BCUT2D eigenvalue weighted by atomic mass is 9.95. The summed E-state index contributed by atoms with van der Waals surface area (Å²) in [5, 5.41) is 2.91. The summed E-state index contributed by atoms with van der Waals surface area (Å²) < 4.78 is 0. The molecule has 1 heterocycles. The van der Waals surface area contributed by atoms with Crippen LogP contribution in [0.15, 0.2) is 42.7 Å². The van der Waals surface area contributed by atoms with E-state index in [4.69, 9.17) is 5.73 Å². The van der Waals surface area contributed by atoms with Crippen LogP contribution in [0.4, 0.5) is 5.69 Å². The van der Waals surface area contributed by atoms with Crippen LogP contribution in [-0.2, 0) is 4.79 Å². The van der Waals surface area contributed by atoms with Crippen molar-refractivity contribution in [1.82, 2.24) is 9.97 Å². The van der Waals surface area contributed by atoms with E-state index in [9.17, 15) is 4.79 Å². The molecule has 1 amide bonds. The normalized spacial score (nSPS) is 20.8. The van der Waals surface area contributed by atoms with Crippen LogP contribution in [-0.4, -0.2) is 22.4 Å². The van der Waals surface area contributed by atoms with Crippen LogP contribution in [0, 0.1) is 11.8 Å². The maximum Gasteiger partial charge on any atom is 0.227 e. The molecule has 0 radical (unpaired) electrons. The number of rotatable bonds is 4. The molecule has 0 bridgehead atoms. The molecular weight excluding hydrogens is 276 g/mol. The first-order valence-electron chi connectivity index (χ1n) is 7.66. The fourth-order valence-electron chi connectivity index (χ4n) is 3.03. The van der Waals surface area contributed by atoms with Gasteiger partial charge < -0.3 is 11.1 Å². The maximum absolute atomic E-state index is 12.3. The summed E-state index contributed by atoms with van der Waals surface area (Å²) in [5.74, 6) is 0.992. The van der Waals surface area contributed by atoms with Crippen LogP contribution >= 0.6 is 0 Å². The van der Waals surface area contributed by atoms with Crippen LogP contribution in [0.1, 0.15) is 19.3 Å². The Labute approximate surface area is 130 Å². The van der Waals surface area contributed by atoms with E-state index >= 15 is 0 Å². The van der Waals surface area contributed by atoms with Gasteiger partial charge in [-0.15, -0.1) is 0 Å². The number of carbonyl (C=O) groups is 1. The number of amides is 1. The molecule has 5 nitrogen and oxygen atoms in total. The first-order valence-corrected chi connectivity index (χ1v) is 7.66. The van der Waals surface area contributed by atoms with E-state index in [-0.39, 0.29) is 11.8 Å². The Kier molecular flexibility index (Phi) is 4.44. The van der Waals surface area contributed by atoms with Gasteiger partial charge in [0.15, 0.2) is 5.82 Å². The average Bonchev–Trinajstić information content (AvgIpc) is 3.05. The third-order valence-electron chi connectivity index (χ3n) is 4.25. The number of hydrogen-bond acceptors (Lipinski definition) is 4. The van der Waals surface area contributed by atoms with Gasteiger partial charge in [0, 0.05) is 11.5 Å². The molecule has 22 heavy (non-hydrogen) atoms. The molecule has 1 aromatic heterocycles. The van der Waals surface area contributed by atoms with Gasteiger partial charge in [0.1, 0.15) is 0 Å². The lowest BCUT2D eigenvalue weighted by Gasteiger charge is -2.17. The van der Waals surface area contributed by atoms with E-state index in [0.717, 1.165) is 24.8 Å². The Balaban J connectivity index is 1.67. The maximum atomic E-state index is 12.3. The lowest BCUT2D eigenvalue weighted by molar-refractivity contribution is -0.120. The Hall–Kier alpha value is -2.27. The van der Waals surface area contributed by atoms with E-state index < -0.39 is 0 Å². The molecular formula is C17H20N4O. The molecule has 3 rings (SSSR count). The quantitative estimate of drug-likeness (QED) is 0.908. The molecule has 2 atom stereocenters. The van der Waals surface area contributed by atoms with Crippen LogP contribution < -0.4 is 11.1 Å². The van der Waals surface area contributed by atoms with Crippen LogP contribution in [0.25, 0.3) is 11.4 Å².